The smallest absolute Gasteiger partial charge is 0.328 e. The largest absolute Gasteiger partial charge is 0.478 e. The van der Waals surface area contributed by atoms with Crippen LogP contribution in [0.25, 0.3) is 0 Å². The molecule has 0 heterocycles. The number of hydrogen-bond donors (Lipinski definition) is 1. The highest BCUT2D eigenvalue weighted by Gasteiger charge is 2.13. The molecule has 0 atom stereocenters. The van der Waals surface area contributed by atoms with Crippen molar-refractivity contribution in [3.8, 4) is 0 Å². The summed E-state index contributed by atoms with van der Waals surface area (Å²) in [6, 6.07) is 2.79. The van der Waals surface area contributed by atoms with Crippen molar-refractivity contribution in [1.82, 2.24) is 0 Å². The van der Waals surface area contributed by atoms with Crippen LogP contribution in [0.4, 0.5) is 0 Å². The number of carboxylic acid groups (broad SMARTS) is 1. The number of aliphatic carboxylic acids is 1. The monoisotopic (exact) mass is 278 g/mol. The molecule has 0 spiro atoms. The standard InChI is InChI=1S/C10H5Cl3O3/c11-6-2-1-5(9(12)10(6)13)7(14)3-4-8(15)16/h1-4H,(H,15,16)/b4-3+. The Bertz CT molecular complexity index is 480. The number of carboxylic acids is 1. The number of allylic oxidation sites excluding steroid dienone is 1. The molecule has 6 heteroatoms. The molecule has 0 saturated heterocycles. The Hall–Kier alpha value is -1.03. The topological polar surface area (TPSA) is 54.4 Å². The highest BCUT2D eigenvalue weighted by molar-refractivity contribution is 6.49. The third kappa shape index (κ3) is 2.98. The Morgan fingerprint density at radius 3 is 2.25 bits per heavy atom. The molecule has 0 bridgehead atoms. The molecule has 3 nitrogen and oxygen atoms in total. The number of carbonyl (C=O) groups excluding carboxylic acids is 1. The maximum atomic E-state index is 11.5. The van der Waals surface area contributed by atoms with E-state index in [9.17, 15) is 9.59 Å². The maximum absolute atomic E-state index is 11.5. The Labute approximate surface area is 106 Å². The van der Waals surface area contributed by atoms with Crippen LogP contribution < -0.4 is 0 Å². The quantitative estimate of drug-likeness (QED) is 0.523. The van der Waals surface area contributed by atoms with Crippen LogP contribution in [0.1, 0.15) is 10.4 Å². The number of rotatable bonds is 3. The molecule has 0 amide bonds. The minimum atomic E-state index is -1.22. The summed E-state index contributed by atoms with van der Waals surface area (Å²) in [5.41, 5.74) is 0.105. The number of benzene rings is 1. The van der Waals surface area contributed by atoms with Gasteiger partial charge in [-0.05, 0) is 18.2 Å². The third-order valence-corrected chi connectivity index (χ3v) is 2.97. The number of hydrogen-bond acceptors (Lipinski definition) is 2. The summed E-state index contributed by atoms with van der Waals surface area (Å²) < 4.78 is 0. The Kier molecular flexibility index (Phi) is 4.35. The third-order valence-electron chi connectivity index (χ3n) is 1.68. The first-order chi connectivity index (χ1) is 7.43. The molecule has 0 unspecified atom stereocenters. The molecule has 0 fully saturated rings. The Balaban J connectivity index is 3.11. The summed E-state index contributed by atoms with van der Waals surface area (Å²) in [5.74, 6) is -1.77. The molecule has 0 aliphatic carbocycles. The maximum Gasteiger partial charge on any atom is 0.328 e. The van der Waals surface area contributed by atoms with E-state index >= 15 is 0 Å². The summed E-state index contributed by atoms with van der Waals surface area (Å²) >= 11 is 17.2. The molecular formula is C10H5Cl3O3. The first kappa shape index (κ1) is 13.0. The molecule has 1 aromatic carbocycles. The predicted molar refractivity (Wildman–Crippen MR) is 62.6 cm³/mol. The van der Waals surface area contributed by atoms with Crippen molar-refractivity contribution in [3.63, 3.8) is 0 Å². The summed E-state index contributed by atoms with van der Waals surface area (Å²) in [4.78, 5) is 21.7. The van der Waals surface area contributed by atoms with Crippen LogP contribution in [0, 0.1) is 0 Å². The van der Waals surface area contributed by atoms with Crippen LogP contribution in [0.3, 0.4) is 0 Å². The Morgan fingerprint density at radius 1 is 1.06 bits per heavy atom. The normalized spacial score (nSPS) is 10.7. The molecular weight excluding hydrogens is 274 g/mol. The predicted octanol–water partition coefficient (Wildman–Crippen LogP) is 3.47. The van der Waals surface area contributed by atoms with Gasteiger partial charge in [0.1, 0.15) is 0 Å². The van der Waals surface area contributed by atoms with Gasteiger partial charge in [-0.2, -0.15) is 0 Å². The number of halogens is 3. The van der Waals surface area contributed by atoms with E-state index < -0.39 is 11.8 Å². The fraction of sp³-hybridized carbons (Fsp3) is 0. The zero-order valence-electron chi connectivity index (χ0n) is 7.71. The van der Waals surface area contributed by atoms with Crippen molar-refractivity contribution in [2.75, 3.05) is 0 Å². The summed E-state index contributed by atoms with van der Waals surface area (Å²) in [6.45, 7) is 0. The van der Waals surface area contributed by atoms with E-state index in [1.54, 1.807) is 0 Å². The zero-order valence-corrected chi connectivity index (χ0v) is 9.97. The van der Waals surface area contributed by atoms with E-state index in [0.29, 0.717) is 0 Å². The van der Waals surface area contributed by atoms with E-state index in [1.165, 1.54) is 12.1 Å². The van der Waals surface area contributed by atoms with Crippen molar-refractivity contribution < 1.29 is 14.7 Å². The zero-order chi connectivity index (χ0) is 12.3. The van der Waals surface area contributed by atoms with E-state index in [2.05, 4.69) is 0 Å². The second kappa shape index (κ2) is 5.34. The van der Waals surface area contributed by atoms with Gasteiger partial charge < -0.3 is 5.11 Å². The highest BCUT2D eigenvalue weighted by atomic mass is 35.5. The number of carbonyl (C=O) groups is 2. The summed E-state index contributed by atoms with van der Waals surface area (Å²) in [6.07, 6.45) is 1.62. The first-order valence-corrected chi connectivity index (χ1v) is 5.15. The van der Waals surface area contributed by atoms with Crippen molar-refractivity contribution in [2.45, 2.75) is 0 Å². The molecule has 84 valence electrons. The summed E-state index contributed by atoms with van der Waals surface area (Å²) in [7, 11) is 0. The summed E-state index contributed by atoms with van der Waals surface area (Å²) in [5, 5.41) is 8.66. The fourth-order valence-corrected chi connectivity index (χ4v) is 1.58. The van der Waals surface area contributed by atoms with E-state index in [4.69, 9.17) is 39.9 Å². The van der Waals surface area contributed by atoms with Crippen molar-refractivity contribution in [1.29, 1.82) is 0 Å². The van der Waals surface area contributed by atoms with Crippen molar-refractivity contribution in [3.05, 3.63) is 44.9 Å². The van der Waals surface area contributed by atoms with E-state index in [-0.39, 0.29) is 20.6 Å². The minimum Gasteiger partial charge on any atom is -0.478 e. The molecule has 0 aliphatic heterocycles. The van der Waals surface area contributed by atoms with Crippen LogP contribution in [0.15, 0.2) is 24.3 Å². The van der Waals surface area contributed by atoms with Gasteiger partial charge in [0.15, 0.2) is 5.78 Å². The van der Waals surface area contributed by atoms with Crippen LogP contribution in [0.2, 0.25) is 15.1 Å². The van der Waals surface area contributed by atoms with Gasteiger partial charge in [-0.15, -0.1) is 0 Å². The van der Waals surface area contributed by atoms with Crippen molar-refractivity contribution >= 4 is 46.6 Å². The lowest BCUT2D eigenvalue weighted by Crippen LogP contribution is -1.98. The van der Waals surface area contributed by atoms with Crippen LogP contribution >= 0.6 is 34.8 Å². The second-order valence-corrected chi connectivity index (χ2v) is 3.92. The molecule has 1 N–H and O–H groups in total. The van der Waals surface area contributed by atoms with Gasteiger partial charge in [0.25, 0.3) is 0 Å². The van der Waals surface area contributed by atoms with Crippen LogP contribution in [0.5, 0.6) is 0 Å². The molecule has 0 saturated carbocycles. The molecule has 16 heavy (non-hydrogen) atoms. The SMILES string of the molecule is O=C(O)/C=C/C(=O)c1ccc(Cl)c(Cl)c1Cl. The van der Waals surface area contributed by atoms with E-state index in [0.717, 1.165) is 12.2 Å². The van der Waals surface area contributed by atoms with Crippen molar-refractivity contribution in [2.24, 2.45) is 0 Å². The lowest BCUT2D eigenvalue weighted by atomic mass is 10.1. The van der Waals surface area contributed by atoms with E-state index in [1.807, 2.05) is 0 Å². The molecule has 1 rings (SSSR count). The fourth-order valence-electron chi connectivity index (χ4n) is 0.953. The minimum absolute atomic E-state index is 0.00852. The number of ketones is 1. The molecule has 0 radical (unpaired) electrons. The van der Waals surface area contributed by atoms with Gasteiger partial charge in [-0.3, -0.25) is 4.79 Å². The molecule has 0 aromatic heterocycles. The van der Waals surface area contributed by atoms with Gasteiger partial charge in [0, 0.05) is 11.6 Å². The molecule has 0 aliphatic rings. The van der Waals surface area contributed by atoms with Gasteiger partial charge in [0.05, 0.1) is 15.1 Å². The Morgan fingerprint density at radius 2 is 1.69 bits per heavy atom. The average molecular weight is 280 g/mol. The van der Waals surface area contributed by atoms with Crippen LogP contribution in [-0.2, 0) is 4.79 Å². The van der Waals surface area contributed by atoms with Gasteiger partial charge >= 0.3 is 5.97 Å². The highest BCUT2D eigenvalue weighted by Crippen LogP contribution is 2.32. The van der Waals surface area contributed by atoms with Gasteiger partial charge in [-0.25, -0.2) is 4.79 Å². The van der Waals surface area contributed by atoms with Gasteiger partial charge in [-0.1, -0.05) is 34.8 Å². The average Bonchev–Trinajstić information content (AvgIpc) is 2.23. The second-order valence-electron chi connectivity index (χ2n) is 2.76. The molecule has 1 aromatic rings. The first-order valence-electron chi connectivity index (χ1n) is 4.02. The van der Waals surface area contributed by atoms with Gasteiger partial charge in [0.2, 0.25) is 0 Å². The lowest BCUT2D eigenvalue weighted by Gasteiger charge is -2.03. The van der Waals surface area contributed by atoms with Crippen LogP contribution in [-0.4, -0.2) is 16.9 Å². The lowest BCUT2D eigenvalue weighted by molar-refractivity contribution is -0.131.